The zero-order valence-electron chi connectivity index (χ0n) is 13.3. The van der Waals surface area contributed by atoms with Crippen LogP contribution in [0, 0.1) is 12.3 Å². The van der Waals surface area contributed by atoms with Crippen LogP contribution >= 0.6 is 27.3 Å². The van der Waals surface area contributed by atoms with Crippen molar-refractivity contribution in [2.24, 2.45) is 5.41 Å². The van der Waals surface area contributed by atoms with Crippen molar-refractivity contribution >= 4 is 33.2 Å². The maximum absolute atomic E-state index is 11.6. The van der Waals surface area contributed by atoms with Gasteiger partial charge in [0.1, 0.15) is 24.3 Å². The van der Waals surface area contributed by atoms with Crippen molar-refractivity contribution in [1.82, 2.24) is 14.8 Å². The monoisotopic (exact) mass is 385 g/mol. The van der Waals surface area contributed by atoms with Crippen molar-refractivity contribution in [1.29, 1.82) is 0 Å². The first-order chi connectivity index (χ1) is 10.2. The van der Waals surface area contributed by atoms with Crippen LogP contribution in [0.25, 0.3) is 0 Å². The quantitative estimate of drug-likeness (QED) is 0.746. The van der Waals surface area contributed by atoms with E-state index in [0.717, 1.165) is 8.66 Å². The number of rotatable bonds is 4. The van der Waals surface area contributed by atoms with Gasteiger partial charge < -0.3 is 4.74 Å². The molecule has 0 saturated heterocycles. The van der Waals surface area contributed by atoms with E-state index in [2.05, 4.69) is 46.8 Å². The molecule has 120 valence electrons. The summed E-state index contributed by atoms with van der Waals surface area (Å²) in [6.07, 6.45) is 1.34. The topological polar surface area (TPSA) is 57.0 Å². The second kappa shape index (κ2) is 6.50. The van der Waals surface area contributed by atoms with Crippen LogP contribution in [0.4, 0.5) is 0 Å². The average Bonchev–Trinajstić information content (AvgIpc) is 2.97. The Kier molecular flexibility index (Phi) is 5.07. The van der Waals surface area contributed by atoms with Crippen LogP contribution < -0.4 is 0 Å². The summed E-state index contributed by atoms with van der Waals surface area (Å²) in [5.74, 6) is 0.397. The van der Waals surface area contributed by atoms with Crippen molar-refractivity contribution in [3.8, 4) is 0 Å². The Morgan fingerprint density at radius 2 is 2.09 bits per heavy atom. The maximum Gasteiger partial charge on any atom is 0.303 e. The van der Waals surface area contributed by atoms with E-state index in [9.17, 15) is 4.79 Å². The van der Waals surface area contributed by atoms with Crippen LogP contribution in [0.1, 0.15) is 44.4 Å². The van der Waals surface area contributed by atoms with E-state index >= 15 is 0 Å². The number of thiophene rings is 1. The van der Waals surface area contributed by atoms with Gasteiger partial charge in [-0.15, -0.1) is 11.3 Å². The molecule has 7 heteroatoms. The largest absolute Gasteiger partial charge is 0.459 e. The van der Waals surface area contributed by atoms with Gasteiger partial charge in [0.05, 0.1) is 3.79 Å². The van der Waals surface area contributed by atoms with Crippen molar-refractivity contribution in [3.05, 3.63) is 32.9 Å². The summed E-state index contributed by atoms with van der Waals surface area (Å²) in [5, 5.41) is 4.44. The lowest BCUT2D eigenvalue weighted by Gasteiger charge is -2.35. The summed E-state index contributed by atoms with van der Waals surface area (Å²) in [6, 6.07) is 3.81. The van der Waals surface area contributed by atoms with Gasteiger partial charge in [-0.05, 0) is 35.0 Å². The lowest BCUT2D eigenvalue weighted by Crippen LogP contribution is -2.39. The maximum atomic E-state index is 11.6. The van der Waals surface area contributed by atoms with E-state index < -0.39 is 0 Å². The molecular formula is C15H20BrN3O2S. The third-order valence-electron chi connectivity index (χ3n) is 3.23. The summed E-state index contributed by atoms with van der Waals surface area (Å²) < 4.78 is 8.48. The van der Waals surface area contributed by atoms with E-state index in [1.165, 1.54) is 6.92 Å². The molecule has 0 saturated carbocycles. The van der Waals surface area contributed by atoms with Crippen LogP contribution in [0.3, 0.4) is 0 Å². The van der Waals surface area contributed by atoms with Crippen LogP contribution in [0.2, 0.25) is 0 Å². The summed E-state index contributed by atoms with van der Waals surface area (Å²) >= 11 is 5.10. The summed E-state index contributed by atoms with van der Waals surface area (Å²) in [7, 11) is 0. The summed E-state index contributed by atoms with van der Waals surface area (Å²) in [6.45, 7) is 9.45. The van der Waals surface area contributed by atoms with Crippen LogP contribution in [0.15, 0.2) is 22.2 Å². The smallest absolute Gasteiger partial charge is 0.303 e. The Morgan fingerprint density at radius 3 is 2.50 bits per heavy atom. The number of esters is 1. The predicted molar refractivity (Wildman–Crippen MR) is 89.9 cm³/mol. The van der Waals surface area contributed by atoms with Crippen molar-refractivity contribution < 1.29 is 9.53 Å². The highest BCUT2D eigenvalue weighted by molar-refractivity contribution is 9.11. The number of hydrogen-bond donors (Lipinski definition) is 0. The molecule has 22 heavy (non-hydrogen) atoms. The molecule has 5 nitrogen and oxygen atoms in total. The first-order valence-electron chi connectivity index (χ1n) is 6.98. The molecule has 2 aromatic heterocycles. The molecule has 2 atom stereocenters. The van der Waals surface area contributed by atoms with Gasteiger partial charge >= 0.3 is 5.97 Å². The number of carbonyl (C=O) groups excluding carboxylic acids is 1. The van der Waals surface area contributed by atoms with E-state index in [1.807, 2.05) is 19.1 Å². The third-order valence-corrected chi connectivity index (χ3v) is 4.92. The van der Waals surface area contributed by atoms with Crippen molar-refractivity contribution in [2.75, 3.05) is 0 Å². The van der Waals surface area contributed by atoms with Crippen LogP contribution in [-0.4, -0.2) is 26.8 Å². The Bertz CT molecular complexity index is 620. The molecule has 0 N–H and O–H groups in total. The molecule has 2 unspecified atom stereocenters. The van der Waals surface area contributed by atoms with Gasteiger partial charge in [-0.3, -0.25) is 4.79 Å². The highest BCUT2D eigenvalue weighted by Crippen LogP contribution is 2.39. The minimum absolute atomic E-state index is 0.207. The first-order valence-corrected chi connectivity index (χ1v) is 8.59. The molecular weight excluding hydrogens is 366 g/mol. The Morgan fingerprint density at radius 1 is 1.41 bits per heavy atom. The number of aryl methyl sites for hydroxylation is 1. The molecule has 0 amide bonds. The number of nitrogens with zero attached hydrogens (tertiary/aromatic N) is 3. The van der Waals surface area contributed by atoms with Crippen molar-refractivity contribution in [3.63, 3.8) is 0 Å². The van der Waals surface area contributed by atoms with E-state index in [0.29, 0.717) is 5.82 Å². The number of halogens is 1. The third kappa shape index (κ3) is 3.95. The second-order valence-corrected chi connectivity index (χ2v) is 8.75. The summed E-state index contributed by atoms with van der Waals surface area (Å²) in [4.78, 5) is 16.9. The highest BCUT2D eigenvalue weighted by Gasteiger charge is 2.38. The molecule has 0 fully saturated rings. The van der Waals surface area contributed by atoms with Gasteiger partial charge in [0.15, 0.2) is 0 Å². The fourth-order valence-electron chi connectivity index (χ4n) is 2.29. The summed E-state index contributed by atoms with van der Waals surface area (Å²) in [5.41, 5.74) is -0.243. The van der Waals surface area contributed by atoms with E-state index in [4.69, 9.17) is 4.74 Å². The predicted octanol–water partition coefficient (Wildman–Crippen LogP) is 3.98. The number of ether oxygens (including phenoxy) is 1. The van der Waals surface area contributed by atoms with Crippen LogP contribution in [0.5, 0.6) is 0 Å². The van der Waals surface area contributed by atoms with Gasteiger partial charge in [0.25, 0.3) is 0 Å². The molecule has 0 aliphatic carbocycles. The lowest BCUT2D eigenvalue weighted by molar-refractivity contribution is -0.154. The molecule has 0 aliphatic heterocycles. The number of aromatic nitrogens is 3. The molecule has 2 aromatic rings. The van der Waals surface area contributed by atoms with Crippen molar-refractivity contribution in [2.45, 2.75) is 46.8 Å². The molecule has 2 heterocycles. The Balaban J connectivity index is 2.52. The SMILES string of the molecule is CC(=O)OC(C(c1ccc(Br)s1)n1cnc(C)n1)C(C)(C)C. The zero-order valence-corrected chi connectivity index (χ0v) is 15.7. The second-order valence-electron chi connectivity index (χ2n) is 6.25. The standard InChI is InChI=1S/C15H20BrN3O2S/c1-9-17-8-19(18-9)13(11-6-7-12(16)22-11)14(15(3,4)5)21-10(2)20/h6-8,13-14H,1-5H3. The molecule has 2 rings (SSSR count). The molecule has 0 bridgehead atoms. The molecule has 0 radical (unpaired) electrons. The van der Waals surface area contributed by atoms with Gasteiger partial charge in [-0.2, -0.15) is 5.10 Å². The number of hydrogen-bond acceptors (Lipinski definition) is 5. The molecule has 0 spiro atoms. The first kappa shape index (κ1) is 17.1. The lowest BCUT2D eigenvalue weighted by atomic mass is 9.84. The Hall–Kier alpha value is -1.21. The van der Waals surface area contributed by atoms with Gasteiger partial charge in [0.2, 0.25) is 0 Å². The average molecular weight is 386 g/mol. The molecule has 0 aliphatic rings. The van der Waals surface area contributed by atoms with Gasteiger partial charge in [-0.1, -0.05) is 20.8 Å². The molecule has 0 aromatic carbocycles. The minimum atomic E-state index is -0.350. The normalized spacial score (nSPS) is 14.6. The van der Waals surface area contributed by atoms with E-state index in [-0.39, 0.29) is 23.5 Å². The number of carbonyl (C=O) groups is 1. The highest BCUT2D eigenvalue weighted by atomic mass is 79.9. The van der Waals surface area contributed by atoms with E-state index in [1.54, 1.807) is 22.3 Å². The fraction of sp³-hybridized carbons (Fsp3) is 0.533. The Labute approximate surface area is 142 Å². The minimum Gasteiger partial charge on any atom is -0.459 e. The van der Waals surface area contributed by atoms with Gasteiger partial charge in [-0.25, -0.2) is 9.67 Å². The van der Waals surface area contributed by atoms with Crippen LogP contribution in [-0.2, 0) is 9.53 Å². The zero-order chi connectivity index (χ0) is 16.5. The fourth-order valence-corrected chi connectivity index (χ4v) is 3.84. The van der Waals surface area contributed by atoms with Gasteiger partial charge in [0, 0.05) is 17.2 Å².